The third-order valence-electron chi connectivity index (χ3n) is 4.70. The molecule has 3 aromatic rings. The molecule has 2 aromatic carbocycles. The van der Waals surface area contributed by atoms with Gasteiger partial charge in [-0.15, -0.1) is 0 Å². The van der Waals surface area contributed by atoms with Crippen LogP contribution >= 0.6 is 23.2 Å². The lowest BCUT2D eigenvalue weighted by Gasteiger charge is -2.23. The van der Waals surface area contributed by atoms with Crippen LogP contribution < -0.4 is 14.3 Å². The molecular formula is C22H22Cl2N4O5S2. The van der Waals surface area contributed by atoms with E-state index in [1.807, 2.05) is 0 Å². The van der Waals surface area contributed by atoms with Crippen LogP contribution in [0.25, 0.3) is 0 Å². The van der Waals surface area contributed by atoms with Crippen LogP contribution in [-0.2, 0) is 24.8 Å². The molecule has 3 rings (SSSR count). The van der Waals surface area contributed by atoms with Crippen LogP contribution in [0.15, 0.2) is 71.9 Å². The Hall–Kier alpha value is -2.86. The van der Waals surface area contributed by atoms with Gasteiger partial charge in [0.25, 0.3) is 10.0 Å². The molecule has 186 valence electrons. The van der Waals surface area contributed by atoms with Crippen molar-refractivity contribution in [2.45, 2.75) is 17.7 Å². The lowest BCUT2D eigenvalue weighted by Crippen LogP contribution is -2.31. The molecule has 1 aromatic heterocycles. The topological polar surface area (TPSA) is 126 Å². The molecule has 1 heterocycles. The van der Waals surface area contributed by atoms with E-state index >= 15 is 0 Å². The van der Waals surface area contributed by atoms with Crippen LogP contribution in [0.2, 0.25) is 10.0 Å². The van der Waals surface area contributed by atoms with E-state index in [9.17, 15) is 21.6 Å². The lowest BCUT2D eigenvalue weighted by molar-refractivity contribution is -0.116. The third-order valence-corrected chi connectivity index (χ3v) is 7.84. The molecule has 1 amide bonds. The molecule has 0 radical (unpaired) electrons. The molecule has 35 heavy (non-hydrogen) atoms. The smallest absolute Gasteiger partial charge is 0.261 e. The Kier molecular flexibility index (Phi) is 8.60. The monoisotopic (exact) mass is 556 g/mol. The molecule has 0 bridgehead atoms. The van der Waals surface area contributed by atoms with Crippen LogP contribution in [0.1, 0.15) is 12.8 Å². The lowest BCUT2D eigenvalue weighted by atomic mass is 10.2. The highest BCUT2D eigenvalue weighted by Crippen LogP contribution is 2.31. The molecular weight excluding hydrogens is 535 g/mol. The summed E-state index contributed by atoms with van der Waals surface area (Å²) in [7, 11) is -7.48. The van der Waals surface area contributed by atoms with Gasteiger partial charge in [-0.3, -0.25) is 18.8 Å². The third kappa shape index (κ3) is 7.56. The Labute approximate surface area is 214 Å². The maximum Gasteiger partial charge on any atom is 0.261 e. The quantitative estimate of drug-likeness (QED) is 0.381. The predicted molar refractivity (Wildman–Crippen MR) is 138 cm³/mol. The van der Waals surface area contributed by atoms with Gasteiger partial charge < -0.3 is 5.32 Å². The second-order valence-electron chi connectivity index (χ2n) is 7.45. The van der Waals surface area contributed by atoms with Gasteiger partial charge in [0.2, 0.25) is 15.9 Å². The Morgan fingerprint density at radius 3 is 2.34 bits per heavy atom. The van der Waals surface area contributed by atoms with Gasteiger partial charge in [0, 0.05) is 29.9 Å². The van der Waals surface area contributed by atoms with E-state index < -0.39 is 20.0 Å². The van der Waals surface area contributed by atoms with Gasteiger partial charge in [-0.1, -0.05) is 23.2 Å². The average Bonchev–Trinajstić information content (AvgIpc) is 2.78. The van der Waals surface area contributed by atoms with E-state index in [4.69, 9.17) is 23.2 Å². The minimum Gasteiger partial charge on any atom is -0.326 e. The van der Waals surface area contributed by atoms with Crippen molar-refractivity contribution in [1.29, 1.82) is 0 Å². The summed E-state index contributed by atoms with van der Waals surface area (Å²) in [6.07, 6.45) is 4.19. The van der Waals surface area contributed by atoms with Crippen molar-refractivity contribution < 1.29 is 21.6 Å². The maximum absolute atomic E-state index is 12.5. The zero-order chi connectivity index (χ0) is 25.6. The van der Waals surface area contributed by atoms with Gasteiger partial charge in [0.05, 0.1) is 33.7 Å². The molecule has 9 nitrogen and oxygen atoms in total. The molecule has 0 unspecified atom stereocenters. The second kappa shape index (κ2) is 11.3. The molecule has 0 aliphatic heterocycles. The number of sulfonamides is 2. The first-order valence-electron chi connectivity index (χ1n) is 10.2. The van der Waals surface area contributed by atoms with Crippen molar-refractivity contribution in [3.05, 3.63) is 77.0 Å². The molecule has 0 aliphatic rings. The van der Waals surface area contributed by atoms with Gasteiger partial charge >= 0.3 is 0 Å². The summed E-state index contributed by atoms with van der Waals surface area (Å²) in [4.78, 5) is 16.2. The Morgan fingerprint density at radius 2 is 1.71 bits per heavy atom. The number of rotatable bonds is 10. The number of halogens is 2. The van der Waals surface area contributed by atoms with E-state index in [0.29, 0.717) is 16.4 Å². The molecule has 0 saturated carbocycles. The number of anilines is 3. The average molecular weight is 557 g/mol. The first-order valence-corrected chi connectivity index (χ1v) is 14.3. The molecule has 2 N–H and O–H groups in total. The van der Waals surface area contributed by atoms with Crippen molar-refractivity contribution in [1.82, 2.24) is 4.98 Å². The molecule has 0 spiro atoms. The number of hydrogen-bond acceptors (Lipinski definition) is 6. The van der Waals surface area contributed by atoms with E-state index in [2.05, 4.69) is 15.0 Å². The Morgan fingerprint density at radius 1 is 1.00 bits per heavy atom. The number of pyridine rings is 1. The normalized spacial score (nSPS) is 11.6. The number of carbonyl (C=O) groups excluding carboxylic acids is 1. The van der Waals surface area contributed by atoms with E-state index in [0.717, 1.165) is 10.6 Å². The van der Waals surface area contributed by atoms with Gasteiger partial charge in [0.15, 0.2) is 0 Å². The van der Waals surface area contributed by atoms with Crippen LogP contribution in [0, 0.1) is 0 Å². The fraction of sp³-hybridized carbons (Fsp3) is 0.182. The van der Waals surface area contributed by atoms with Gasteiger partial charge in [-0.05, 0) is 61.0 Å². The minimum absolute atomic E-state index is 0.0153. The molecule has 0 aliphatic carbocycles. The Bertz CT molecular complexity index is 1400. The summed E-state index contributed by atoms with van der Waals surface area (Å²) in [5.41, 5.74) is 0.957. The molecule has 0 saturated heterocycles. The number of nitrogens with zero attached hydrogens (tertiary/aromatic N) is 2. The molecule has 0 fully saturated rings. The number of carbonyl (C=O) groups is 1. The number of benzene rings is 2. The number of aromatic nitrogens is 1. The summed E-state index contributed by atoms with van der Waals surface area (Å²) in [5.74, 6) is -0.361. The number of hydrogen-bond donors (Lipinski definition) is 2. The fourth-order valence-electron chi connectivity index (χ4n) is 3.10. The standard InChI is InChI=1S/C22H22Cl2N4O5S2/c1-34(30,31)28(21-14-16(23)6-11-20(21)24)13-3-5-22(29)26-17-7-9-19(10-8-17)35(32,33)27-18-4-2-12-25-15-18/h2,4,6-12,14-15,27H,3,5,13H2,1H3,(H,26,29). The van der Waals surface area contributed by atoms with Gasteiger partial charge in [-0.25, -0.2) is 16.8 Å². The van der Waals surface area contributed by atoms with Crippen molar-refractivity contribution in [2.24, 2.45) is 0 Å². The van der Waals surface area contributed by atoms with Crippen molar-refractivity contribution in [3.8, 4) is 0 Å². The fourth-order valence-corrected chi connectivity index (χ4v) is 5.55. The zero-order valence-corrected chi connectivity index (χ0v) is 21.6. The van der Waals surface area contributed by atoms with Crippen molar-refractivity contribution in [3.63, 3.8) is 0 Å². The first-order chi connectivity index (χ1) is 16.5. The summed E-state index contributed by atoms with van der Waals surface area (Å²) in [6.45, 7) is 0.0174. The maximum atomic E-state index is 12.5. The molecule has 0 atom stereocenters. The highest BCUT2D eigenvalue weighted by molar-refractivity contribution is 7.92. The summed E-state index contributed by atoms with van der Waals surface area (Å²) >= 11 is 12.1. The van der Waals surface area contributed by atoms with Crippen molar-refractivity contribution >= 4 is 66.2 Å². The molecule has 13 heteroatoms. The van der Waals surface area contributed by atoms with Crippen LogP contribution in [0.4, 0.5) is 17.1 Å². The Balaban J connectivity index is 1.59. The number of nitrogens with one attached hydrogen (secondary N) is 2. The number of amides is 1. The highest BCUT2D eigenvalue weighted by Gasteiger charge is 2.21. The largest absolute Gasteiger partial charge is 0.326 e. The summed E-state index contributed by atoms with van der Waals surface area (Å²) in [5, 5.41) is 3.21. The minimum atomic E-state index is -3.81. The van der Waals surface area contributed by atoms with Crippen LogP contribution in [-0.4, -0.2) is 40.5 Å². The SMILES string of the molecule is CS(=O)(=O)N(CCCC(=O)Nc1ccc(S(=O)(=O)Nc2cccnc2)cc1)c1cc(Cl)ccc1Cl. The van der Waals surface area contributed by atoms with E-state index in [1.165, 1.54) is 48.8 Å². The summed E-state index contributed by atoms with van der Waals surface area (Å²) in [6, 6.07) is 13.3. The van der Waals surface area contributed by atoms with Crippen LogP contribution in [0.5, 0.6) is 0 Å². The van der Waals surface area contributed by atoms with Crippen LogP contribution in [0.3, 0.4) is 0 Å². The van der Waals surface area contributed by atoms with Gasteiger partial charge in [-0.2, -0.15) is 0 Å². The van der Waals surface area contributed by atoms with E-state index in [-0.39, 0.29) is 40.9 Å². The zero-order valence-electron chi connectivity index (χ0n) is 18.5. The van der Waals surface area contributed by atoms with E-state index in [1.54, 1.807) is 18.2 Å². The predicted octanol–water partition coefficient (Wildman–Crippen LogP) is 4.37. The van der Waals surface area contributed by atoms with Gasteiger partial charge in [0.1, 0.15) is 0 Å². The summed E-state index contributed by atoms with van der Waals surface area (Å²) < 4.78 is 53.0. The first kappa shape index (κ1) is 26.7. The second-order valence-corrected chi connectivity index (χ2v) is 11.9. The van der Waals surface area contributed by atoms with Crippen molar-refractivity contribution in [2.75, 3.05) is 27.1 Å². The highest BCUT2D eigenvalue weighted by atomic mass is 35.5.